The normalized spacial score (nSPS) is 26.6. The molecule has 0 saturated carbocycles. The molecule has 2 unspecified atom stereocenters. The Morgan fingerprint density at radius 1 is 1.21 bits per heavy atom. The van der Waals surface area contributed by atoms with Crippen LogP contribution in [0.3, 0.4) is 0 Å². The van der Waals surface area contributed by atoms with E-state index in [4.69, 9.17) is 0 Å². The first kappa shape index (κ1) is 12.3. The first-order valence-corrected chi connectivity index (χ1v) is 6.65. The average molecular weight is 260 g/mol. The second kappa shape index (κ2) is 4.74. The number of Topliss-reactive ketones (excluding diaryl/α,β-unsaturated/α-hetero) is 1. The van der Waals surface area contributed by atoms with Crippen molar-refractivity contribution in [3.05, 3.63) is 39.9 Å². The Balaban J connectivity index is 1.83. The zero-order chi connectivity index (χ0) is 13.4. The van der Waals surface area contributed by atoms with Crippen LogP contribution in [0.1, 0.15) is 31.2 Å². The number of nitrogens with zero attached hydrogens (tertiary/aromatic N) is 2. The van der Waals surface area contributed by atoms with Gasteiger partial charge in [0.2, 0.25) is 0 Å². The van der Waals surface area contributed by atoms with E-state index in [1.54, 1.807) is 12.1 Å². The van der Waals surface area contributed by atoms with Crippen LogP contribution in [0.15, 0.2) is 24.3 Å². The Morgan fingerprint density at radius 3 is 2.47 bits per heavy atom. The maximum absolute atomic E-state index is 11.6. The molecule has 5 nitrogen and oxygen atoms in total. The molecule has 2 heterocycles. The molecular formula is C14H16N2O3. The summed E-state index contributed by atoms with van der Waals surface area (Å²) in [5, 5.41) is 11.0. The smallest absolute Gasteiger partial charge is 0.273 e. The second-order valence-corrected chi connectivity index (χ2v) is 5.39. The van der Waals surface area contributed by atoms with Crippen LogP contribution in [0.4, 0.5) is 5.69 Å². The first-order valence-electron chi connectivity index (χ1n) is 6.65. The number of para-hydroxylation sites is 1. The molecule has 19 heavy (non-hydrogen) atoms. The quantitative estimate of drug-likeness (QED) is 0.618. The summed E-state index contributed by atoms with van der Waals surface area (Å²) in [5.41, 5.74) is 0.928. The fourth-order valence-corrected chi connectivity index (χ4v) is 3.34. The molecule has 5 heteroatoms. The maximum atomic E-state index is 11.6. The minimum absolute atomic E-state index is 0.179. The fourth-order valence-electron chi connectivity index (χ4n) is 3.34. The molecule has 2 fully saturated rings. The number of ketones is 1. The molecular weight excluding hydrogens is 244 g/mol. The molecule has 0 radical (unpaired) electrons. The van der Waals surface area contributed by atoms with Gasteiger partial charge < -0.3 is 0 Å². The van der Waals surface area contributed by atoms with E-state index in [1.165, 1.54) is 0 Å². The first-order chi connectivity index (χ1) is 9.15. The van der Waals surface area contributed by atoms with Gasteiger partial charge in [-0.25, -0.2) is 0 Å². The molecule has 0 aliphatic carbocycles. The van der Waals surface area contributed by atoms with Crippen molar-refractivity contribution in [1.29, 1.82) is 0 Å². The third kappa shape index (κ3) is 2.26. The summed E-state index contributed by atoms with van der Waals surface area (Å²) in [7, 11) is 0. The monoisotopic (exact) mass is 260 g/mol. The van der Waals surface area contributed by atoms with Crippen LogP contribution in [0.2, 0.25) is 0 Å². The van der Waals surface area contributed by atoms with Crippen LogP contribution >= 0.6 is 0 Å². The molecule has 100 valence electrons. The molecule has 0 amide bonds. The van der Waals surface area contributed by atoms with Crippen molar-refractivity contribution in [2.24, 2.45) is 0 Å². The van der Waals surface area contributed by atoms with Crippen LogP contribution in [0, 0.1) is 10.1 Å². The van der Waals surface area contributed by atoms with Gasteiger partial charge in [-0.2, -0.15) is 0 Å². The third-order valence-corrected chi connectivity index (χ3v) is 4.24. The Hall–Kier alpha value is -1.75. The number of carbonyl (C=O) groups excluding carboxylic acids is 1. The number of rotatable bonds is 3. The van der Waals surface area contributed by atoms with Gasteiger partial charge in [-0.15, -0.1) is 0 Å². The van der Waals surface area contributed by atoms with Gasteiger partial charge in [-0.3, -0.25) is 19.8 Å². The Labute approximate surface area is 111 Å². The highest BCUT2D eigenvalue weighted by molar-refractivity contribution is 5.81. The van der Waals surface area contributed by atoms with Crippen molar-refractivity contribution >= 4 is 11.5 Å². The number of benzene rings is 1. The van der Waals surface area contributed by atoms with Crippen molar-refractivity contribution in [3.8, 4) is 0 Å². The molecule has 1 aromatic rings. The van der Waals surface area contributed by atoms with Crippen LogP contribution in [0.5, 0.6) is 0 Å². The molecule has 2 saturated heterocycles. The minimum Gasteiger partial charge on any atom is -0.300 e. The van der Waals surface area contributed by atoms with Crippen molar-refractivity contribution in [1.82, 2.24) is 4.90 Å². The Morgan fingerprint density at radius 2 is 1.84 bits per heavy atom. The molecule has 0 aromatic heterocycles. The zero-order valence-corrected chi connectivity index (χ0v) is 10.6. The molecule has 2 bridgehead atoms. The molecule has 0 spiro atoms. The number of nitro groups is 1. The van der Waals surface area contributed by atoms with Gasteiger partial charge in [0.1, 0.15) is 5.78 Å². The van der Waals surface area contributed by atoms with E-state index < -0.39 is 0 Å². The lowest BCUT2D eigenvalue weighted by Crippen LogP contribution is -2.42. The lowest BCUT2D eigenvalue weighted by molar-refractivity contribution is -0.385. The second-order valence-electron chi connectivity index (χ2n) is 5.39. The summed E-state index contributed by atoms with van der Waals surface area (Å²) in [6.07, 6.45) is 3.29. The fraction of sp³-hybridized carbons (Fsp3) is 0.500. The zero-order valence-electron chi connectivity index (χ0n) is 10.6. The van der Waals surface area contributed by atoms with Gasteiger partial charge in [0.25, 0.3) is 5.69 Å². The Bertz CT molecular complexity index is 513. The topological polar surface area (TPSA) is 63.5 Å². The largest absolute Gasteiger partial charge is 0.300 e. The third-order valence-electron chi connectivity index (χ3n) is 4.24. The van der Waals surface area contributed by atoms with E-state index in [9.17, 15) is 14.9 Å². The number of hydrogen-bond donors (Lipinski definition) is 0. The van der Waals surface area contributed by atoms with Crippen LogP contribution in [-0.4, -0.2) is 27.7 Å². The number of nitro benzene ring substituents is 1. The summed E-state index contributed by atoms with van der Waals surface area (Å²) in [6, 6.07) is 7.45. The summed E-state index contributed by atoms with van der Waals surface area (Å²) in [4.78, 5) is 24.5. The summed E-state index contributed by atoms with van der Waals surface area (Å²) in [5.74, 6) is 0.339. The predicted octanol–water partition coefficient (Wildman–Crippen LogP) is 2.29. The predicted molar refractivity (Wildman–Crippen MR) is 69.7 cm³/mol. The molecule has 2 atom stereocenters. The standard InChI is InChI=1S/C14H16N2O3/c17-13-7-11-5-6-12(8-13)15(11)9-10-3-1-2-4-14(10)16(18)19/h1-4,11-12H,5-9H2. The van der Waals surface area contributed by atoms with Crippen molar-refractivity contribution in [2.45, 2.75) is 44.3 Å². The summed E-state index contributed by atoms with van der Waals surface area (Å²) >= 11 is 0. The van der Waals surface area contributed by atoms with E-state index in [1.807, 2.05) is 12.1 Å². The highest BCUT2D eigenvalue weighted by Crippen LogP contribution is 2.36. The van der Waals surface area contributed by atoms with Crippen LogP contribution in [-0.2, 0) is 11.3 Å². The highest BCUT2D eigenvalue weighted by atomic mass is 16.6. The van der Waals surface area contributed by atoms with Crippen molar-refractivity contribution in [3.63, 3.8) is 0 Å². The van der Waals surface area contributed by atoms with Gasteiger partial charge in [0, 0.05) is 43.1 Å². The average Bonchev–Trinajstić information content (AvgIpc) is 2.62. The van der Waals surface area contributed by atoms with E-state index >= 15 is 0 Å². The van der Waals surface area contributed by atoms with E-state index in [0.29, 0.717) is 25.2 Å². The summed E-state index contributed by atoms with van der Waals surface area (Å²) < 4.78 is 0. The van der Waals surface area contributed by atoms with Crippen LogP contribution in [0.25, 0.3) is 0 Å². The van der Waals surface area contributed by atoms with Gasteiger partial charge in [0.15, 0.2) is 0 Å². The molecule has 0 N–H and O–H groups in total. The highest BCUT2D eigenvalue weighted by Gasteiger charge is 2.40. The number of hydrogen-bond acceptors (Lipinski definition) is 4. The van der Waals surface area contributed by atoms with E-state index in [2.05, 4.69) is 4.90 Å². The minimum atomic E-state index is -0.327. The lowest BCUT2D eigenvalue weighted by atomic mass is 10.0. The number of fused-ring (bicyclic) bond motifs is 2. The van der Waals surface area contributed by atoms with E-state index in [-0.39, 0.29) is 22.7 Å². The molecule has 2 aliphatic rings. The maximum Gasteiger partial charge on any atom is 0.273 e. The van der Waals surface area contributed by atoms with Crippen molar-refractivity contribution in [2.75, 3.05) is 0 Å². The SMILES string of the molecule is O=C1CC2CCC(C1)N2Cc1ccccc1[N+](=O)[O-]. The molecule has 2 aliphatic heterocycles. The van der Waals surface area contributed by atoms with Crippen LogP contribution < -0.4 is 0 Å². The summed E-state index contributed by atoms with van der Waals surface area (Å²) in [6.45, 7) is 0.583. The Kier molecular flexibility index (Phi) is 3.06. The lowest BCUT2D eigenvalue weighted by Gasteiger charge is -2.33. The van der Waals surface area contributed by atoms with Gasteiger partial charge in [-0.1, -0.05) is 18.2 Å². The molecule has 1 aromatic carbocycles. The number of carbonyl (C=O) groups is 1. The molecule has 3 rings (SSSR count). The van der Waals surface area contributed by atoms with E-state index in [0.717, 1.165) is 18.4 Å². The van der Waals surface area contributed by atoms with Crippen molar-refractivity contribution < 1.29 is 9.72 Å². The van der Waals surface area contributed by atoms with Gasteiger partial charge in [0.05, 0.1) is 4.92 Å². The van der Waals surface area contributed by atoms with Gasteiger partial charge >= 0.3 is 0 Å². The van der Waals surface area contributed by atoms with Gasteiger partial charge in [-0.05, 0) is 12.8 Å². The number of piperidine rings is 1.